The van der Waals surface area contributed by atoms with E-state index in [9.17, 15) is 4.79 Å². The normalized spacial score (nSPS) is 10.3. The van der Waals surface area contributed by atoms with Gasteiger partial charge in [0, 0.05) is 18.0 Å². The Balaban J connectivity index is 1.84. The number of imidazole rings is 1. The lowest BCUT2D eigenvalue weighted by Crippen LogP contribution is -2.13. The van der Waals surface area contributed by atoms with Crippen LogP contribution in [0.3, 0.4) is 0 Å². The molecule has 0 saturated carbocycles. The third-order valence-electron chi connectivity index (χ3n) is 2.94. The van der Waals surface area contributed by atoms with Crippen molar-refractivity contribution < 1.29 is 9.53 Å². The number of amides is 1. The predicted molar refractivity (Wildman–Crippen MR) is 77.1 cm³/mol. The minimum atomic E-state index is -0.321. The van der Waals surface area contributed by atoms with Crippen molar-refractivity contribution in [3.05, 3.63) is 48.4 Å². The van der Waals surface area contributed by atoms with Crippen molar-refractivity contribution >= 4 is 11.9 Å². The SMILES string of the molecule is COc1ccccc1-c1cc(C(=O)Nc2ncc[nH]2)[nH]n1. The van der Waals surface area contributed by atoms with E-state index in [1.807, 2.05) is 24.3 Å². The molecule has 0 fully saturated rings. The molecule has 1 amide bonds. The molecule has 3 N–H and O–H groups in total. The number of ether oxygens (including phenoxy) is 1. The van der Waals surface area contributed by atoms with E-state index in [2.05, 4.69) is 25.5 Å². The number of aromatic amines is 2. The molecule has 0 unspecified atom stereocenters. The summed E-state index contributed by atoms with van der Waals surface area (Å²) in [5, 5.41) is 9.48. The first-order chi connectivity index (χ1) is 10.3. The maximum absolute atomic E-state index is 12.0. The number of carbonyl (C=O) groups excluding carboxylic acids is 1. The Labute approximate surface area is 120 Å². The lowest BCUT2D eigenvalue weighted by Gasteiger charge is -2.04. The van der Waals surface area contributed by atoms with Gasteiger partial charge in [0.2, 0.25) is 5.95 Å². The summed E-state index contributed by atoms with van der Waals surface area (Å²) in [4.78, 5) is 18.8. The molecule has 1 aromatic carbocycles. The molecule has 2 aromatic heterocycles. The van der Waals surface area contributed by atoms with E-state index < -0.39 is 0 Å². The van der Waals surface area contributed by atoms with Gasteiger partial charge in [0.15, 0.2) is 0 Å². The van der Waals surface area contributed by atoms with Gasteiger partial charge in [0.05, 0.1) is 12.8 Å². The topological polar surface area (TPSA) is 95.7 Å². The number of hydrogen-bond donors (Lipinski definition) is 3. The summed E-state index contributed by atoms with van der Waals surface area (Å²) in [7, 11) is 1.59. The Morgan fingerprint density at radius 2 is 2.19 bits per heavy atom. The Morgan fingerprint density at radius 1 is 1.33 bits per heavy atom. The van der Waals surface area contributed by atoms with Crippen molar-refractivity contribution in [3.8, 4) is 17.0 Å². The van der Waals surface area contributed by atoms with Gasteiger partial charge in [0.1, 0.15) is 11.4 Å². The third-order valence-corrected chi connectivity index (χ3v) is 2.94. The molecule has 0 aliphatic carbocycles. The highest BCUT2D eigenvalue weighted by molar-refractivity contribution is 6.02. The summed E-state index contributed by atoms with van der Waals surface area (Å²) >= 11 is 0. The minimum absolute atomic E-state index is 0.321. The second-order valence-electron chi connectivity index (χ2n) is 4.26. The predicted octanol–water partition coefficient (Wildman–Crippen LogP) is 2.06. The molecular formula is C14H13N5O2. The molecule has 2 heterocycles. The van der Waals surface area contributed by atoms with Crippen molar-refractivity contribution in [1.29, 1.82) is 0 Å². The Morgan fingerprint density at radius 3 is 2.95 bits per heavy atom. The number of rotatable bonds is 4. The van der Waals surface area contributed by atoms with Crippen LogP contribution in [0, 0.1) is 0 Å². The number of benzene rings is 1. The largest absolute Gasteiger partial charge is 0.496 e. The number of para-hydroxylation sites is 1. The van der Waals surface area contributed by atoms with Crippen molar-refractivity contribution in [2.24, 2.45) is 0 Å². The molecule has 21 heavy (non-hydrogen) atoms. The molecule has 3 aromatic rings. The second-order valence-corrected chi connectivity index (χ2v) is 4.26. The highest BCUT2D eigenvalue weighted by atomic mass is 16.5. The fraction of sp³-hybridized carbons (Fsp3) is 0.0714. The zero-order chi connectivity index (χ0) is 14.7. The van der Waals surface area contributed by atoms with Crippen LogP contribution in [0.4, 0.5) is 5.95 Å². The van der Waals surface area contributed by atoms with Gasteiger partial charge < -0.3 is 9.72 Å². The fourth-order valence-electron chi connectivity index (χ4n) is 1.94. The average Bonchev–Trinajstić information content (AvgIpc) is 3.18. The van der Waals surface area contributed by atoms with Crippen LogP contribution in [0.15, 0.2) is 42.7 Å². The molecule has 7 nitrogen and oxygen atoms in total. The van der Waals surface area contributed by atoms with Gasteiger partial charge in [-0.3, -0.25) is 15.2 Å². The summed E-state index contributed by atoms with van der Waals surface area (Å²) in [6.07, 6.45) is 3.19. The maximum atomic E-state index is 12.0. The van der Waals surface area contributed by atoms with Gasteiger partial charge >= 0.3 is 0 Å². The molecule has 7 heteroatoms. The van der Waals surface area contributed by atoms with E-state index in [0.29, 0.717) is 23.1 Å². The molecule has 0 atom stereocenters. The van der Waals surface area contributed by atoms with Crippen molar-refractivity contribution in [1.82, 2.24) is 20.2 Å². The number of carbonyl (C=O) groups is 1. The fourth-order valence-corrected chi connectivity index (χ4v) is 1.94. The summed E-state index contributed by atoms with van der Waals surface area (Å²) in [5.41, 5.74) is 1.79. The van der Waals surface area contributed by atoms with E-state index in [-0.39, 0.29) is 5.91 Å². The van der Waals surface area contributed by atoms with Gasteiger partial charge in [-0.05, 0) is 18.2 Å². The highest BCUT2D eigenvalue weighted by Gasteiger charge is 2.14. The van der Waals surface area contributed by atoms with Crippen molar-refractivity contribution in [2.75, 3.05) is 12.4 Å². The molecule has 0 bridgehead atoms. The van der Waals surface area contributed by atoms with Crippen molar-refractivity contribution in [2.45, 2.75) is 0 Å². The van der Waals surface area contributed by atoms with Gasteiger partial charge in [0.25, 0.3) is 5.91 Å². The lowest BCUT2D eigenvalue weighted by atomic mass is 10.1. The van der Waals surface area contributed by atoms with E-state index in [0.717, 1.165) is 5.56 Å². The zero-order valence-electron chi connectivity index (χ0n) is 11.3. The van der Waals surface area contributed by atoms with Crippen LogP contribution >= 0.6 is 0 Å². The first kappa shape index (κ1) is 12.9. The number of H-pyrrole nitrogens is 2. The van der Waals surface area contributed by atoms with Gasteiger partial charge in [-0.15, -0.1) is 0 Å². The van der Waals surface area contributed by atoms with Crippen LogP contribution in [-0.4, -0.2) is 33.2 Å². The molecule has 0 spiro atoms. The Hall–Kier alpha value is -3.09. The van der Waals surface area contributed by atoms with Crippen LogP contribution in [0.1, 0.15) is 10.5 Å². The summed E-state index contributed by atoms with van der Waals surface area (Å²) < 4.78 is 5.29. The van der Waals surface area contributed by atoms with Gasteiger partial charge in [-0.2, -0.15) is 5.10 Å². The number of nitrogens with one attached hydrogen (secondary N) is 3. The van der Waals surface area contributed by atoms with Crippen LogP contribution in [0.2, 0.25) is 0 Å². The summed E-state index contributed by atoms with van der Waals surface area (Å²) in [6, 6.07) is 9.14. The number of anilines is 1. The van der Waals surface area contributed by atoms with Gasteiger partial charge in [-0.1, -0.05) is 12.1 Å². The molecule has 0 radical (unpaired) electrons. The first-order valence-corrected chi connectivity index (χ1v) is 6.27. The molecule has 0 aliphatic rings. The molecular weight excluding hydrogens is 270 g/mol. The highest BCUT2D eigenvalue weighted by Crippen LogP contribution is 2.28. The van der Waals surface area contributed by atoms with Crippen LogP contribution in [0.25, 0.3) is 11.3 Å². The average molecular weight is 283 g/mol. The van der Waals surface area contributed by atoms with Crippen LogP contribution < -0.4 is 10.1 Å². The third kappa shape index (κ3) is 2.62. The quantitative estimate of drug-likeness (QED) is 0.683. The second kappa shape index (κ2) is 5.49. The molecule has 0 aliphatic heterocycles. The Bertz CT molecular complexity index is 748. The van der Waals surface area contributed by atoms with Crippen LogP contribution in [0.5, 0.6) is 5.75 Å². The van der Waals surface area contributed by atoms with E-state index in [1.54, 1.807) is 25.6 Å². The zero-order valence-corrected chi connectivity index (χ0v) is 11.3. The maximum Gasteiger partial charge on any atom is 0.275 e. The van der Waals surface area contributed by atoms with E-state index >= 15 is 0 Å². The standard InChI is InChI=1S/C14H13N5O2/c1-21-12-5-3-2-4-9(12)10-8-11(19-18-10)13(20)17-14-15-6-7-16-14/h2-8H,1H3,(H,18,19)(H2,15,16,17,20). The van der Waals surface area contributed by atoms with E-state index in [1.165, 1.54) is 0 Å². The number of nitrogens with zero attached hydrogens (tertiary/aromatic N) is 2. The monoisotopic (exact) mass is 283 g/mol. The minimum Gasteiger partial charge on any atom is -0.496 e. The number of hydrogen-bond acceptors (Lipinski definition) is 4. The number of methoxy groups -OCH3 is 1. The first-order valence-electron chi connectivity index (χ1n) is 6.27. The molecule has 0 saturated heterocycles. The van der Waals surface area contributed by atoms with E-state index in [4.69, 9.17) is 4.74 Å². The lowest BCUT2D eigenvalue weighted by molar-refractivity contribution is 0.102. The van der Waals surface area contributed by atoms with Crippen molar-refractivity contribution in [3.63, 3.8) is 0 Å². The van der Waals surface area contributed by atoms with Crippen LogP contribution in [-0.2, 0) is 0 Å². The number of aromatic nitrogens is 4. The Kier molecular flexibility index (Phi) is 3.38. The smallest absolute Gasteiger partial charge is 0.275 e. The van der Waals surface area contributed by atoms with Gasteiger partial charge in [-0.25, -0.2) is 4.98 Å². The molecule has 106 valence electrons. The summed E-state index contributed by atoms with van der Waals surface area (Å²) in [6.45, 7) is 0. The summed E-state index contributed by atoms with van der Waals surface area (Å²) in [5.74, 6) is 0.758. The molecule has 3 rings (SSSR count).